The molecule has 6 unspecified atom stereocenters. The second kappa shape index (κ2) is 3.70. The Morgan fingerprint density at radius 2 is 1.60 bits per heavy atom. The van der Waals surface area contributed by atoms with Gasteiger partial charge in [-0.2, -0.15) is 0 Å². The number of ether oxygens (including phenoxy) is 4. The molecule has 2 fully saturated rings. The summed E-state index contributed by atoms with van der Waals surface area (Å²) in [6, 6.07) is 0. The first-order chi connectivity index (χ1) is 7.12. The van der Waals surface area contributed by atoms with Crippen molar-refractivity contribution in [2.75, 3.05) is 21.3 Å². The third-order valence-corrected chi connectivity index (χ3v) is 4.01. The highest BCUT2D eigenvalue weighted by atomic mass is 16.7. The first-order valence-corrected chi connectivity index (χ1v) is 5.41. The number of fused-ring (bicyclic) bond motifs is 1. The van der Waals surface area contributed by atoms with Crippen LogP contribution in [0, 0.1) is 11.8 Å². The van der Waals surface area contributed by atoms with Crippen molar-refractivity contribution in [1.29, 1.82) is 0 Å². The van der Waals surface area contributed by atoms with Crippen LogP contribution < -0.4 is 0 Å². The summed E-state index contributed by atoms with van der Waals surface area (Å²) in [5.74, 6) is -0.0353. The Hall–Kier alpha value is -0.160. The second-order valence-corrected chi connectivity index (χ2v) is 4.46. The van der Waals surface area contributed by atoms with Crippen LogP contribution in [0.2, 0.25) is 0 Å². The van der Waals surface area contributed by atoms with Crippen LogP contribution >= 0.6 is 0 Å². The van der Waals surface area contributed by atoms with Crippen LogP contribution in [0.25, 0.3) is 0 Å². The minimum absolute atomic E-state index is 0.0462. The molecule has 0 bridgehead atoms. The Morgan fingerprint density at radius 3 is 2.00 bits per heavy atom. The van der Waals surface area contributed by atoms with E-state index < -0.39 is 5.79 Å². The van der Waals surface area contributed by atoms with Gasteiger partial charge in [-0.3, -0.25) is 0 Å². The third-order valence-electron chi connectivity index (χ3n) is 4.01. The third kappa shape index (κ3) is 1.22. The summed E-state index contributed by atoms with van der Waals surface area (Å²) in [5.41, 5.74) is 0. The molecule has 1 saturated heterocycles. The Kier molecular flexibility index (Phi) is 2.79. The molecule has 2 rings (SSSR count). The predicted octanol–water partition coefficient (Wildman–Crippen LogP) is 1.04. The molecule has 15 heavy (non-hydrogen) atoms. The van der Waals surface area contributed by atoms with Crippen molar-refractivity contribution in [3.63, 3.8) is 0 Å². The van der Waals surface area contributed by atoms with Gasteiger partial charge in [-0.15, -0.1) is 0 Å². The number of hydrogen-bond donors (Lipinski definition) is 0. The lowest BCUT2D eigenvalue weighted by Crippen LogP contribution is -2.62. The Labute approximate surface area is 90.8 Å². The zero-order valence-corrected chi connectivity index (χ0v) is 10.0. The van der Waals surface area contributed by atoms with Gasteiger partial charge in [0.05, 0.1) is 24.2 Å². The lowest BCUT2D eigenvalue weighted by atomic mass is 9.85. The number of hydrogen-bond acceptors (Lipinski definition) is 4. The molecule has 0 spiro atoms. The Morgan fingerprint density at radius 1 is 1.00 bits per heavy atom. The van der Waals surface area contributed by atoms with Crippen molar-refractivity contribution in [1.82, 2.24) is 0 Å². The van der Waals surface area contributed by atoms with E-state index >= 15 is 0 Å². The van der Waals surface area contributed by atoms with Gasteiger partial charge >= 0.3 is 0 Å². The zero-order chi connectivity index (χ0) is 11.2. The van der Waals surface area contributed by atoms with Crippen molar-refractivity contribution in [2.24, 2.45) is 11.8 Å². The van der Waals surface area contributed by atoms with E-state index in [9.17, 15) is 0 Å². The van der Waals surface area contributed by atoms with E-state index in [1.165, 1.54) is 0 Å². The molecule has 6 atom stereocenters. The van der Waals surface area contributed by atoms with E-state index in [2.05, 4.69) is 13.8 Å². The van der Waals surface area contributed by atoms with Crippen LogP contribution in [-0.2, 0) is 18.9 Å². The molecule has 1 saturated carbocycles. The van der Waals surface area contributed by atoms with Crippen LogP contribution in [0.5, 0.6) is 0 Å². The van der Waals surface area contributed by atoms with Gasteiger partial charge in [0.2, 0.25) is 0 Å². The fourth-order valence-corrected chi connectivity index (χ4v) is 3.31. The maximum absolute atomic E-state index is 5.79. The van der Waals surface area contributed by atoms with Gasteiger partial charge in [-0.1, -0.05) is 6.92 Å². The molecule has 0 amide bonds. The van der Waals surface area contributed by atoms with E-state index in [0.29, 0.717) is 0 Å². The molecule has 0 N–H and O–H groups in total. The lowest BCUT2D eigenvalue weighted by molar-refractivity contribution is -0.382. The van der Waals surface area contributed by atoms with Crippen molar-refractivity contribution in [3.05, 3.63) is 0 Å². The highest BCUT2D eigenvalue weighted by molar-refractivity contribution is 5.11. The average Bonchev–Trinajstić information content (AvgIpc) is 2.42. The van der Waals surface area contributed by atoms with E-state index in [0.717, 1.165) is 0 Å². The smallest absolute Gasteiger partial charge is 0.181 e. The highest BCUT2D eigenvalue weighted by Crippen LogP contribution is 2.55. The monoisotopic (exact) mass is 216 g/mol. The average molecular weight is 216 g/mol. The van der Waals surface area contributed by atoms with E-state index in [4.69, 9.17) is 18.9 Å². The quantitative estimate of drug-likeness (QED) is 0.706. The van der Waals surface area contributed by atoms with Gasteiger partial charge in [-0.05, 0) is 6.92 Å². The fourth-order valence-electron chi connectivity index (χ4n) is 3.31. The molecule has 4 nitrogen and oxygen atoms in total. The molecule has 4 heteroatoms. The minimum atomic E-state index is -0.499. The van der Waals surface area contributed by atoms with Gasteiger partial charge in [0.1, 0.15) is 0 Å². The van der Waals surface area contributed by atoms with Crippen molar-refractivity contribution in [3.8, 4) is 0 Å². The predicted molar refractivity (Wildman–Crippen MR) is 54.5 cm³/mol. The zero-order valence-electron chi connectivity index (χ0n) is 10.0. The van der Waals surface area contributed by atoms with Gasteiger partial charge < -0.3 is 18.9 Å². The van der Waals surface area contributed by atoms with E-state index in [1.807, 2.05) is 0 Å². The summed E-state index contributed by atoms with van der Waals surface area (Å²) < 4.78 is 22.4. The molecule has 0 aromatic heterocycles. The van der Waals surface area contributed by atoms with Crippen molar-refractivity contribution in [2.45, 2.75) is 37.9 Å². The molecular weight excluding hydrogens is 196 g/mol. The summed E-state index contributed by atoms with van der Waals surface area (Å²) in [7, 11) is 5.13. The first-order valence-electron chi connectivity index (χ1n) is 5.41. The highest BCUT2D eigenvalue weighted by Gasteiger charge is 2.69. The second-order valence-electron chi connectivity index (χ2n) is 4.46. The minimum Gasteiger partial charge on any atom is -0.378 e. The maximum Gasteiger partial charge on any atom is 0.181 e. The SMILES string of the molecule is COC1C(OC)C2C(C)OC2(OC)C1C. The Balaban J connectivity index is 2.28. The number of rotatable bonds is 3. The van der Waals surface area contributed by atoms with Crippen molar-refractivity contribution >= 4 is 0 Å². The molecular formula is C11H20O4. The molecule has 2 aliphatic rings. The summed E-state index contributed by atoms with van der Waals surface area (Å²) in [6.07, 6.45) is 0.288. The van der Waals surface area contributed by atoms with Crippen LogP contribution in [0.4, 0.5) is 0 Å². The fraction of sp³-hybridized carbons (Fsp3) is 1.00. The van der Waals surface area contributed by atoms with Crippen LogP contribution in [-0.4, -0.2) is 45.4 Å². The lowest BCUT2D eigenvalue weighted by Gasteiger charge is -2.51. The Bertz CT molecular complexity index is 245. The molecule has 0 aromatic carbocycles. The maximum atomic E-state index is 5.79. The topological polar surface area (TPSA) is 36.9 Å². The van der Waals surface area contributed by atoms with Gasteiger partial charge in [0.25, 0.3) is 0 Å². The first kappa shape index (κ1) is 11.3. The summed E-state index contributed by atoms with van der Waals surface area (Å²) in [4.78, 5) is 0. The van der Waals surface area contributed by atoms with Crippen LogP contribution in [0.15, 0.2) is 0 Å². The number of methoxy groups -OCH3 is 3. The van der Waals surface area contributed by atoms with Crippen LogP contribution in [0.3, 0.4) is 0 Å². The van der Waals surface area contributed by atoms with Gasteiger partial charge in [-0.25, -0.2) is 0 Å². The normalized spacial score (nSPS) is 53.8. The van der Waals surface area contributed by atoms with Crippen LogP contribution in [0.1, 0.15) is 13.8 Å². The van der Waals surface area contributed by atoms with E-state index in [1.54, 1.807) is 21.3 Å². The molecule has 1 aliphatic carbocycles. The van der Waals surface area contributed by atoms with Gasteiger partial charge in [0, 0.05) is 27.2 Å². The summed E-state index contributed by atoms with van der Waals surface area (Å²) in [5, 5.41) is 0. The standard InChI is InChI=1S/C11H20O4/c1-6-9(12-3)10(13-4)8-7(2)15-11(6,8)14-5/h6-10H,1-5H3. The molecule has 1 aliphatic heterocycles. The molecule has 1 heterocycles. The molecule has 0 aromatic rings. The van der Waals surface area contributed by atoms with Gasteiger partial charge in [0.15, 0.2) is 5.79 Å². The summed E-state index contributed by atoms with van der Waals surface area (Å²) >= 11 is 0. The van der Waals surface area contributed by atoms with Crippen molar-refractivity contribution < 1.29 is 18.9 Å². The molecule has 0 radical (unpaired) electrons. The van der Waals surface area contributed by atoms with E-state index in [-0.39, 0.29) is 30.1 Å². The summed E-state index contributed by atoms with van der Waals surface area (Å²) in [6.45, 7) is 4.15. The molecule has 88 valence electrons. The largest absolute Gasteiger partial charge is 0.378 e.